The minimum absolute atomic E-state index is 0.0538. The zero-order valence-electron chi connectivity index (χ0n) is 11.3. The molecule has 108 valence electrons. The van der Waals surface area contributed by atoms with Gasteiger partial charge in [-0.15, -0.1) is 0 Å². The second kappa shape index (κ2) is 5.70. The summed E-state index contributed by atoms with van der Waals surface area (Å²) in [6.07, 6.45) is 1.51. The maximum atomic E-state index is 12.1. The third-order valence-corrected chi connectivity index (χ3v) is 4.20. The standard InChI is InChI=1S/C12H17N5O2S/c1-9(13)10-3-5-11(6-4-10)20(18,19)15-7-12-14-8-17(2)16-12/h3-6,8-9,15H,7,13H2,1-2H3. The van der Waals surface area contributed by atoms with Crippen LogP contribution in [0.4, 0.5) is 0 Å². The zero-order valence-corrected chi connectivity index (χ0v) is 12.1. The van der Waals surface area contributed by atoms with Crippen LogP contribution in [-0.4, -0.2) is 23.2 Å². The number of hydrogen-bond acceptors (Lipinski definition) is 5. The Kier molecular flexibility index (Phi) is 4.17. The summed E-state index contributed by atoms with van der Waals surface area (Å²) >= 11 is 0. The number of hydrogen-bond donors (Lipinski definition) is 2. The van der Waals surface area contributed by atoms with Crippen LogP contribution >= 0.6 is 0 Å². The van der Waals surface area contributed by atoms with E-state index in [1.807, 2.05) is 6.92 Å². The van der Waals surface area contributed by atoms with Crippen LogP contribution in [-0.2, 0) is 23.6 Å². The van der Waals surface area contributed by atoms with Crippen molar-refractivity contribution in [2.24, 2.45) is 12.8 Å². The van der Waals surface area contributed by atoms with Gasteiger partial charge in [-0.3, -0.25) is 4.68 Å². The molecule has 0 aliphatic rings. The van der Waals surface area contributed by atoms with Crippen LogP contribution in [0, 0.1) is 0 Å². The van der Waals surface area contributed by atoms with Crippen molar-refractivity contribution < 1.29 is 8.42 Å². The molecule has 8 heteroatoms. The highest BCUT2D eigenvalue weighted by Gasteiger charge is 2.15. The summed E-state index contributed by atoms with van der Waals surface area (Å²) in [5.74, 6) is 0.420. The average Bonchev–Trinajstić information content (AvgIpc) is 2.82. The first kappa shape index (κ1) is 14.6. The summed E-state index contributed by atoms with van der Waals surface area (Å²) in [7, 11) is -1.85. The van der Waals surface area contributed by atoms with Crippen molar-refractivity contribution in [3.8, 4) is 0 Å². The molecule has 0 radical (unpaired) electrons. The van der Waals surface area contributed by atoms with Crippen LogP contribution < -0.4 is 10.5 Å². The van der Waals surface area contributed by atoms with E-state index in [1.54, 1.807) is 19.2 Å². The van der Waals surface area contributed by atoms with Gasteiger partial charge in [0, 0.05) is 13.1 Å². The summed E-state index contributed by atoms with van der Waals surface area (Å²) in [6.45, 7) is 1.90. The van der Waals surface area contributed by atoms with Crippen molar-refractivity contribution in [1.29, 1.82) is 0 Å². The normalized spacial score (nSPS) is 13.3. The second-order valence-electron chi connectivity index (χ2n) is 4.52. The number of nitrogens with zero attached hydrogens (tertiary/aromatic N) is 3. The summed E-state index contributed by atoms with van der Waals surface area (Å²) in [4.78, 5) is 4.15. The quantitative estimate of drug-likeness (QED) is 0.826. The molecule has 1 heterocycles. The molecule has 3 N–H and O–H groups in total. The smallest absolute Gasteiger partial charge is 0.240 e. The van der Waals surface area contributed by atoms with Crippen LogP contribution in [0.5, 0.6) is 0 Å². The molecule has 2 rings (SSSR count). The second-order valence-corrected chi connectivity index (χ2v) is 6.28. The predicted molar refractivity (Wildman–Crippen MR) is 74.1 cm³/mol. The maximum absolute atomic E-state index is 12.1. The fraction of sp³-hybridized carbons (Fsp3) is 0.333. The molecule has 0 fully saturated rings. The molecule has 0 saturated heterocycles. The highest BCUT2D eigenvalue weighted by atomic mass is 32.2. The number of sulfonamides is 1. The molecule has 0 aliphatic heterocycles. The number of aromatic nitrogens is 3. The van der Waals surface area contributed by atoms with Crippen molar-refractivity contribution in [1.82, 2.24) is 19.5 Å². The Morgan fingerprint density at radius 2 is 2.00 bits per heavy atom. The fourth-order valence-corrected chi connectivity index (χ4v) is 2.64. The first-order valence-corrected chi connectivity index (χ1v) is 7.56. The summed E-state index contributed by atoms with van der Waals surface area (Å²) in [5.41, 5.74) is 6.61. The predicted octanol–water partition coefficient (Wildman–Crippen LogP) is 0.313. The van der Waals surface area contributed by atoms with Crippen LogP contribution in [0.3, 0.4) is 0 Å². The molecule has 20 heavy (non-hydrogen) atoms. The van der Waals surface area contributed by atoms with Crippen LogP contribution in [0.25, 0.3) is 0 Å². The van der Waals surface area contributed by atoms with Crippen molar-refractivity contribution >= 4 is 10.0 Å². The Bertz CT molecular complexity index is 676. The monoisotopic (exact) mass is 295 g/mol. The van der Waals surface area contributed by atoms with Gasteiger partial charge in [-0.05, 0) is 24.6 Å². The van der Waals surface area contributed by atoms with E-state index in [1.165, 1.54) is 23.1 Å². The van der Waals surface area contributed by atoms with Gasteiger partial charge >= 0.3 is 0 Å². The molecular weight excluding hydrogens is 278 g/mol. The Morgan fingerprint density at radius 3 is 2.50 bits per heavy atom. The molecular formula is C12H17N5O2S. The highest BCUT2D eigenvalue weighted by Crippen LogP contribution is 2.14. The Balaban J connectivity index is 2.09. The fourth-order valence-electron chi connectivity index (χ4n) is 1.66. The van der Waals surface area contributed by atoms with E-state index in [2.05, 4.69) is 14.8 Å². The number of benzene rings is 1. The van der Waals surface area contributed by atoms with Crippen LogP contribution in [0.1, 0.15) is 24.4 Å². The zero-order chi connectivity index (χ0) is 14.8. The third-order valence-electron chi connectivity index (χ3n) is 2.78. The van der Waals surface area contributed by atoms with Gasteiger partial charge in [0.1, 0.15) is 6.33 Å². The van der Waals surface area contributed by atoms with Crippen molar-refractivity contribution in [2.45, 2.75) is 24.4 Å². The molecule has 0 bridgehead atoms. The maximum Gasteiger partial charge on any atom is 0.240 e. The lowest BCUT2D eigenvalue weighted by molar-refractivity contribution is 0.578. The van der Waals surface area contributed by atoms with Crippen molar-refractivity contribution in [3.63, 3.8) is 0 Å². The Morgan fingerprint density at radius 1 is 1.35 bits per heavy atom. The first-order chi connectivity index (χ1) is 9.38. The lowest BCUT2D eigenvalue weighted by atomic mass is 10.1. The average molecular weight is 295 g/mol. The van der Waals surface area contributed by atoms with E-state index in [4.69, 9.17) is 5.73 Å². The van der Waals surface area contributed by atoms with Gasteiger partial charge in [-0.2, -0.15) is 5.10 Å². The minimum Gasteiger partial charge on any atom is -0.324 e. The molecule has 1 aromatic carbocycles. The number of nitrogens with two attached hydrogens (primary N) is 1. The molecule has 0 amide bonds. The highest BCUT2D eigenvalue weighted by molar-refractivity contribution is 7.89. The van der Waals surface area contributed by atoms with Gasteiger partial charge in [0.2, 0.25) is 10.0 Å². The van der Waals surface area contributed by atoms with E-state index in [-0.39, 0.29) is 17.5 Å². The summed E-state index contributed by atoms with van der Waals surface area (Å²) < 4.78 is 28.1. The van der Waals surface area contributed by atoms with Crippen LogP contribution in [0.2, 0.25) is 0 Å². The number of nitrogens with one attached hydrogen (secondary N) is 1. The molecule has 0 spiro atoms. The van der Waals surface area contributed by atoms with Crippen LogP contribution in [0.15, 0.2) is 35.5 Å². The van der Waals surface area contributed by atoms with Gasteiger partial charge in [-0.25, -0.2) is 18.1 Å². The molecule has 1 atom stereocenters. The van der Waals surface area contributed by atoms with E-state index in [0.717, 1.165) is 5.56 Å². The molecule has 1 unspecified atom stereocenters. The van der Waals surface area contributed by atoms with Crippen molar-refractivity contribution in [3.05, 3.63) is 42.0 Å². The molecule has 2 aromatic rings. The van der Waals surface area contributed by atoms with E-state index in [9.17, 15) is 8.42 Å². The summed E-state index contributed by atoms with van der Waals surface area (Å²) in [5, 5.41) is 4.01. The van der Waals surface area contributed by atoms with E-state index < -0.39 is 10.0 Å². The summed E-state index contributed by atoms with van der Waals surface area (Å²) in [6, 6.07) is 6.36. The molecule has 0 saturated carbocycles. The topological polar surface area (TPSA) is 103 Å². The number of aryl methyl sites for hydroxylation is 1. The molecule has 0 aliphatic carbocycles. The van der Waals surface area contributed by atoms with E-state index in [0.29, 0.717) is 5.82 Å². The lowest BCUT2D eigenvalue weighted by Crippen LogP contribution is -2.24. The largest absolute Gasteiger partial charge is 0.324 e. The molecule has 1 aromatic heterocycles. The Hall–Kier alpha value is -1.77. The van der Waals surface area contributed by atoms with Gasteiger partial charge in [0.15, 0.2) is 5.82 Å². The van der Waals surface area contributed by atoms with Gasteiger partial charge in [-0.1, -0.05) is 12.1 Å². The van der Waals surface area contributed by atoms with Gasteiger partial charge in [0.05, 0.1) is 11.4 Å². The van der Waals surface area contributed by atoms with E-state index >= 15 is 0 Å². The lowest BCUT2D eigenvalue weighted by Gasteiger charge is -2.08. The SMILES string of the molecule is CC(N)c1ccc(S(=O)(=O)NCc2ncn(C)n2)cc1. The van der Waals surface area contributed by atoms with Gasteiger partial charge < -0.3 is 5.73 Å². The minimum atomic E-state index is -3.57. The van der Waals surface area contributed by atoms with Gasteiger partial charge in [0.25, 0.3) is 0 Å². The third kappa shape index (κ3) is 3.41. The first-order valence-electron chi connectivity index (χ1n) is 6.08. The number of rotatable bonds is 5. The Labute approximate surface area is 117 Å². The van der Waals surface area contributed by atoms with Crippen molar-refractivity contribution in [2.75, 3.05) is 0 Å². The molecule has 7 nitrogen and oxygen atoms in total.